The van der Waals surface area contributed by atoms with Gasteiger partial charge in [-0.05, 0) is 42.0 Å². The third-order valence-electron chi connectivity index (χ3n) is 3.72. The number of rotatable bonds is 3. The van der Waals surface area contributed by atoms with Crippen LogP contribution >= 0.6 is 11.3 Å². The Balaban J connectivity index is 1.64. The predicted octanol–water partition coefficient (Wildman–Crippen LogP) is 4.82. The van der Waals surface area contributed by atoms with Gasteiger partial charge in [0.15, 0.2) is 0 Å². The minimum atomic E-state index is -0.114. The fourth-order valence-electron chi connectivity index (χ4n) is 2.54. The van der Waals surface area contributed by atoms with E-state index in [1.54, 1.807) is 17.4 Å². The number of hydrogen-bond acceptors (Lipinski definition) is 3. The first-order valence-corrected chi connectivity index (χ1v) is 8.44. The van der Waals surface area contributed by atoms with Gasteiger partial charge >= 0.3 is 0 Å². The molecule has 2 aromatic heterocycles. The van der Waals surface area contributed by atoms with Crippen molar-refractivity contribution in [2.45, 2.75) is 0 Å². The van der Waals surface area contributed by atoms with Crippen molar-refractivity contribution >= 4 is 34.4 Å². The normalized spacial score (nSPS) is 11.3. The van der Waals surface area contributed by atoms with Crippen LogP contribution in [0.2, 0.25) is 0 Å². The molecule has 0 aliphatic heterocycles. The average molecular weight is 330 g/mol. The van der Waals surface area contributed by atoms with E-state index in [0.29, 0.717) is 16.7 Å². The number of benzene rings is 2. The number of fused-ring (bicyclic) bond motifs is 1. The lowest BCUT2D eigenvalue weighted by molar-refractivity contribution is 1.14. The zero-order valence-electron chi connectivity index (χ0n) is 12.8. The summed E-state index contributed by atoms with van der Waals surface area (Å²) >= 11 is 1.71. The highest BCUT2D eigenvalue weighted by atomic mass is 32.1. The van der Waals surface area contributed by atoms with E-state index in [1.807, 2.05) is 48.6 Å². The maximum Gasteiger partial charge on any atom is 0.259 e. The Kier molecular flexibility index (Phi) is 3.81. The quantitative estimate of drug-likeness (QED) is 0.585. The van der Waals surface area contributed by atoms with Gasteiger partial charge in [-0.3, -0.25) is 4.79 Å². The van der Waals surface area contributed by atoms with Crippen LogP contribution in [0.15, 0.2) is 71.5 Å². The summed E-state index contributed by atoms with van der Waals surface area (Å²) in [5, 5.41) is 0.608. The van der Waals surface area contributed by atoms with Crippen molar-refractivity contribution in [3.05, 3.63) is 87.8 Å². The molecule has 0 fully saturated rings. The van der Waals surface area contributed by atoms with Crippen molar-refractivity contribution in [2.24, 2.45) is 0 Å². The third kappa shape index (κ3) is 2.92. The van der Waals surface area contributed by atoms with Gasteiger partial charge in [0.05, 0.1) is 10.9 Å². The van der Waals surface area contributed by atoms with Gasteiger partial charge in [0.1, 0.15) is 5.82 Å². The lowest BCUT2D eigenvalue weighted by Crippen LogP contribution is -2.09. The average Bonchev–Trinajstić information content (AvgIpc) is 3.10. The van der Waals surface area contributed by atoms with Crippen molar-refractivity contribution in [3.8, 4) is 10.4 Å². The smallest absolute Gasteiger partial charge is 0.259 e. The first-order valence-electron chi connectivity index (χ1n) is 7.62. The van der Waals surface area contributed by atoms with Crippen molar-refractivity contribution in [1.82, 2.24) is 9.97 Å². The van der Waals surface area contributed by atoms with Crippen LogP contribution in [-0.4, -0.2) is 9.97 Å². The number of aromatic nitrogens is 2. The zero-order valence-corrected chi connectivity index (χ0v) is 13.6. The molecule has 1 N–H and O–H groups in total. The zero-order chi connectivity index (χ0) is 16.4. The van der Waals surface area contributed by atoms with E-state index in [2.05, 4.69) is 34.2 Å². The molecule has 0 aliphatic carbocycles. The Morgan fingerprint density at radius 3 is 2.54 bits per heavy atom. The summed E-state index contributed by atoms with van der Waals surface area (Å²) in [6.45, 7) is 0. The largest absolute Gasteiger partial charge is 0.306 e. The molecule has 24 heavy (non-hydrogen) atoms. The molecule has 4 rings (SSSR count). The van der Waals surface area contributed by atoms with Crippen LogP contribution in [0.5, 0.6) is 0 Å². The number of hydrogen-bond donors (Lipinski definition) is 1. The Morgan fingerprint density at radius 2 is 1.67 bits per heavy atom. The Hall–Kier alpha value is -2.98. The molecule has 4 heteroatoms. The van der Waals surface area contributed by atoms with Gasteiger partial charge in [0, 0.05) is 9.75 Å². The molecule has 0 saturated carbocycles. The predicted molar refractivity (Wildman–Crippen MR) is 101 cm³/mol. The SMILES string of the molecule is O=c1[nH]c(/C=C/c2ccc(-c3ccccc3)s2)nc2ccccc12. The second-order valence-electron chi connectivity index (χ2n) is 5.37. The number of nitrogens with zero attached hydrogens (tertiary/aromatic N) is 1. The summed E-state index contributed by atoms with van der Waals surface area (Å²) in [5.74, 6) is 0.563. The highest BCUT2D eigenvalue weighted by molar-refractivity contribution is 7.16. The van der Waals surface area contributed by atoms with Crippen molar-refractivity contribution < 1.29 is 0 Å². The van der Waals surface area contributed by atoms with Crippen LogP contribution in [-0.2, 0) is 0 Å². The van der Waals surface area contributed by atoms with Crippen molar-refractivity contribution in [2.75, 3.05) is 0 Å². The summed E-state index contributed by atoms with van der Waals surface area (Å²) in [7, 11) is 0. The molecule has 0 unspecified atom stereocenters. The molecule has 0 aliphatic rings. The molecular formula is C20H14N2OS. The number of thiophene rings is 1. The van der Waals surface area contributed by atoms with E-state index in [9.17, 15) is 4.79 Å². The number of aromatic amines is 1. The summed E-state index contributed by atoms with van der Waals surface area (Å²) in [5.41, 5.74) is 1.80. The molecule has 3 nitrogen and oxygen atoms in total. The van der Waals surface area contributed by atoms with E-state index >= 15 is 0 Å². The molecule has 2 heterocycles. The molecule has 0 radical (unpaired) electrons. The minimum absolute atomic E-state index is 0.114. The fraction of sp³-hybridized carbons (Fsp3) is 0. The second kappa shape index (κ2) is 6.26. The molecule has 4 aromatic rings. The molecule has 0 amide bonds. The van der Waals surface area contributed by atoms with E-state index < -0.39 is 0 Å². The van der Waals surface area contributed by atoms with Crippen LogP contribution in [0, 0.1) is 0 Å². The van der Waals surface area contributed by atoms with Crippen molar-refractivity contribution in [1.29, 1.82) is 0 Å². The Labute approximate surface area is 143 Å². The molecular weight excluding hydrogens is 316 g/mol. The van der Waals surface area contributed by atoms with Gasteiger partial charge in [-0.25, -0.2) is 4.98 Å². The lowest BCUT2D eigenvalue weighted by atomic mass is 10.2. The maximum absolute atomic E-state index is 12.1. The Morgan fingerprint density at radius 1 is 0.875 bits per heavy atom. The van der Waals surface area contributed by atoms with Gasteiger partial charge in [0.25, 0.3) is 5.56 Å². The number of para-hydroxylation sites is 1. The maximum atomic E-state index is 12.1. The van der Waals surface area contributed by atoms with Gasteiger partial charge in [-0.2, -0.15) is 0 Å². The first-order chi connectivity index (χ1) is 11.8. The molecule has 116 valence electrons. The van der Waals surface area contributed by atoms with Gasteiger partial charge in [-0.15, -0.1) is 11.3 Å². The summed E-state index contributed by atoms with van der Waals surface area (Å²) in [6, 6.07) is 21.8. The summed E-state index contributed by atoms with van der Waals surface area (Å²) in [4.78, 5) is 21.7. The fourth-order valence-corrected chi connectivity index (χ4v) is 3.46. The summed E-state index contributed by atoms with van der Waals surface area (Å²) < 4.78 is 0. The van der Waals surface area contributed by atoms with E-state index in [4.69, 9.17) is 0 Å². The van der Waals surface area contributed by atoms with Gasteiger partial charge in [-0.1, -0.05) is 42.5 Å². The standard InChI is InChI=1S/C20H14N2OS/c23-20-16-8-4-5-9-17(16)21-19(22-20)13-11-15-10-12-18(24-15)14-6-2-1-3-7-14/h1-13H,(H,21,22,23)/b13-11+. The first kappa shape index (κ1) is 14.6. The monoisotopic (exact) mass is 330 g/mol. The highest BCUT2D eigenvalue weighted by Gasteiger charge is 2.02. The molecule has 0 spiro atoms. The van der Waals surface area contributed by atoms with Crippen molar-refractivity contribution in [3.63, 3.8) is 0 Å². The van der Waals surface area contributed by atoms with E-state index in [0.717, 1.165) is 4.88 Å². The Bertz CT molecular complexity index is 1080. The lowest BCUT2D eigenvalue weighted by Gasteiger charge is -1.98. The topological polar surface area (TPSA) is 45.8 Å². The molecule has 2 aromatic carbocycles. The molecule has 0 saturated heterocycles. The second-order valence-corrected chi connectivity index (χ2v) is 6.49. The summed E-state index contributed by atoms with van der Waals surface area (Å²) in [6.07, 6.45) is 3.82. The van der Waals surface area contributed by atoms with Crippen LogP contribution in [0.25, 0.3) is 33.5 Å². The third-order valence-corrected chi connectivity index (χ3v) is 4.82. The van der Waals surface area contributed by atoms with Crippen LogP contribution in [0.3, 0.4) is 0 Å². The van der Waals surface area contributed by atoms with Crippen LogP contribution in [0.1, 0.15) is 10.7 Å². The minimum Gasteiger partial charge on any atom is -0.306 e. The van der Waals surface area contributed by atoms with Gasteiger partial charge in [0.2, 0.25) is 0 Å². The molecule has 0 atom stereocenters. The highest BCUT2D eigenvalue weighted by Crippen LogP contribution is 2.28. The van der Waals surface area contributed by atoms with Gasteiger partial charge < -0.3 is 4.98 Å². The number of nitrogens with one attached hydrogen (secondary N) is 1. The van der Waals surface area contributed by atoms with Crippen LogP contribution in [0.4, 0.5) is 0 Å². The molecule has 0 bridgehead atoms. The number of H-pyrrole nitrogens is 1. The van der Waals surface area contributed by atoms with Crippen LogP contribution < -0.4 is 5.56 Å². The van der Waals surface area contributed by atoms with E-state index in [1.165, 1.54) is 10.4 Å². The van der Waals surface area contributed by atoms with E-state index in [-0.39, 0.29) is 5.56 Å².